The van der Waals surface area contributed by atoms with Crippen LogP contribution in [0.15, 0.2) is 41.5 Å². The van der Waals surface area contributed by atoms with Crippen molar-refractivity contribution in [2.24, 2.45) is 10.7 Å². The molecule has 0 bridgehead atoms. The van der Waals surface area contributed by atoms with E-state index in [1.807, 2.05) is 6.07 Å². The molecule has 1 aliphatic heterocycles. The van der Waals surface area contributed by atoms with Crippen LogP contribution < -0.4 is 11.1 Å². The van der Waals surface area contributed by atoms with E-state index in [2.05, 4.69) is 20.0 Å². The van der Waals surface area contributed by atoms with Gasteiger partial charge in [0.15, 0.2) is 11.9 Å². The van der Waals surface area contributed by atoms with E-state index < -0.39 is 59.9 Å². The Bertz CT molecular complexity index is 1060. The molecular formula is C19H14F5N5O2. The number of nitriles is 1. The fourth-order valence-corrected chi connectivity index (χ4v) is 3.05. The van der Waals surface area contributed by atoms with Crippen molar-refractivity contribution in [2.75, 3.05) is 12.0 Å². The van der Waals surface area contributed by atoms with Crippen LogP contribution in [0, 0.1) is 17.1 Å². The van der Waals surface area contributed by atoms with Gasteiger partial charge in [-0.15, -0.1) is 0 Å². The van der Waals surface area contributed by atoms with Crippen molar-refractivity contribution in [1.82, 2.24) is 4.98 Å². The van der Waals surface area contributed by atoms with Gasteiger partial charge in [0, 0.05) is 18.2 Å². The lowest BCUT2D eigenvalue weighted by Gasteiger charge is -2.36. The highest BCUT2D eigenvalue weighted by atomic mass is 19.4. The highest BCUT2D eigenvalue weighted by Gasteiger charge is 2.52. The van der Waals surface area contributed by atoms with Gasteiger partial charge in [0.25, 0.3) is 11.9 Å². The van der Waals surface area contributed by atoms with Crippen molar-refractivity contribution < 1.29 is 31.5 Å². The average Bonchev–Trinajstić information content (AvgIpc) is 2.74. The molecule has 2 aromatic rings. The molecule has 7 nitrogen and oxygen atoms in total. The number of rotatable bonds is 4. The summed E-state index contributed by atoms with van der Waals surface area (Å²) in [6, 6.07) is 6.87. The van der Waals surface area contributed by atoms with Crippen LogP contribution in [-0.4, -0.2) is 35.9 Å². The third kappa shape index (κ3) is 4.40. The fraction of sp³-hybridized carbons (Fsp3) is 0.263. The van der Waals surface area contributed by atoms with Crippen LogP contribution in [0.25, 0.3) is 0 Å². The van der Waals surface area contributed by atoms with Gasteiger partial charge in [-0.1, -0.05) is 12.1 Å². The number of amidine groups is 1. The molecule has 3 rings (SSSR count). The zero-order valence-corrected chi connectivity index (χ0v) is 15.6. The average molecular weight is 439 g/mol. The number of benzene rings is 1. The first kappa shape index (κ1) is 21.9. The number of anilines is 1. The standard InChI is InChI=1S/C19H14F5N5O2/c20-9-18(6-14(19(22,23)24)31-17(26)29-18)11-2-1-3-12(15(11)21)28-16(30)13-5-4-10(7-25)8-27-13/h1-5,8,14H,6,9H2,(H2,26,29)(H,28,30)/t14-,18+/m0/s1. The maximum absolute atomic E-state index is 15.2. The minimum atomic E-state index is -4.88. The molecule has 0 unspecified atom stereocenters. The Balaban J connectivity index is 1.96. The summed E-state index contributed by atoms with van der Waals surface area (Å²) in [5.74, 6) is -2.03. The van der Waals surface area contributed by atoms with E-state index in [1.165, 1.54) is 18.2 Å². The monoisotopic (exact) mass is 439 g/mol. The first-order valence-corrected chi connectivity index (χ1v) is 8.71. The van der Waals surface area contributed by atoms with Crippen molar-refractivity contribution in [1.29, 1.82) is 5.26 Å². The minimum absolute atomic E-state index is 0.144. The molecule has 31 heavy (non-hydrogen) atoms. The second-order valence-electron chi connectivity index (χ2n) is 6.63. The Kier molecular flexibility index (Phi) is 5.79. The molecular weight excluding hydrogens is 425 g/mol. The largest absolute Gasteiger partial charge is 0.452 e. The van der Waals surface area contributed by atoms with Crippen LogP contribution in [0.5, 0.6) is 0 Å². The third-order valence-electron chi connectivity index (χ3n) is 4.57. The Morgan fingerprint density at radius 1 is 1.35 bits per heavy atom. The van der Waals surface area contributed by atoms with Gasteiger partial charge >= 0.3 is 6.18 Å². The van der Waals surface area contributed by atoms with Crippen LogP contribution in [0.3, 0.4) is 0 Å². The predicted octanol–water partition coefficient (Wildman–Crippen LogP) is 3.18. The maximum Gasteiger partial charge on any atom is 0.425 e. The number of hydrogen-bond donors (Lipinski definition) is 2. The molecule has 0 spiro atoms. The van der Waals surface area contributed by atoms with Gasteiger partial charge in [-0.25, -0.2) is 18.8 Å². The van der Waals surface area contributed by atoms with Crippen molar-refractivity contribution in [3.05, 3.63) is 59.2 Å². The third-order valence-corrected chi connectivity index (χ3v) is 4.57. The number of carbonyl (C=O) groups excluding carboxylic acids is 1. The molecule has 0 radical (unpaired) electrons. The molecule has 1 aromatic heterocycles. The van der Waals surface area contributed by atoms with Crippen LogP contribution in [-0.2, 0) is 10.3 Å². The number of carbonyl (C=O) groups is 1. The van der Waals surface area contributed by atoms with Crippen LogP contribution >= 0.6 is 0 Å². The van der Waals surface area contributed by atoms with Gasteiger partial charge in [0.1, 0.15) is 24.0 Å². The molecule has 0 saturated carbocycles. The first-order chi connectivity index (χ1) is 14.6. The van der Waals surface area contributed by atoms with Gasteiger partial charge in [-0.3, -0.25) is 4.79 Å². The summed E-state index contributed by atoms with van der Waals surface area (Å²) in [6.07, 6.45) is -7.28. The number of ether oxygens (including phenoxy) is 1. The Labute approximate surface area is 172 Å². The molecule has 0 aliphatic carbocycles. The lowest BCUT2D eigenvalue weighted by Crippen LogP contribution is -2.48. The van der Waals surface area contributed by atoms with E-state index in [-0.39, 0.29) is 11.3 Å². The topological polar surface area (TPSA) is 113 Å². The van der Waals surface area contributed by atoms with Crippen molar-refractivity contribution in [2.45, 2.75) is 24.2 Å². The fourth-order valence-electron chi connectivity index (χ4n) is 3.05. The number of halogens is 5. The number of nitrogens with zero attached hydrogens (tertiary/aromatic N) is 3. The molecule has 2 heterocycles. The van der Waals surface area contributed by atoms with Gasteiger partial charge < -0.3 is 15.8 Å². The van der Waals surface area contributed by atoms with E-state index >= 15 is 4.39 Å². The van der Waals surface area contributed by atoms with Crippen molar-refractivity contribution >= 4 is 17.6 Å². The zero-order chi connectivity index (χ0) is 22.8. The first-order valence-electron chi connectivity index (χ1n) is 8.71. The minimum Gasteiger partial charge on any atom is -0.452 e. The number of pyridine rings is 1. The van der Waals surface area contributed by atoms with Crippen LogP contribution in [0.4, 0.5) is 27.6 Å². The Morgan fingerprint density at radius 3 is 2.68 bits per heavy atom. The molecule has 1 aromatic carbocycles. The number of nitrogens with two attached hydrogens (primary N) is 1. The predicted molar refractivity (Wildman–Crippen MR) is 98.1 cm³/mol. The molecule has 12 heteroatoms. The number of aromatic nitrogens is 1. The molecule has 3 N–H and O–H groups in total. The highest BCUT2D eigenvalue weighted by molar-refractivity contribution is 6.03. The molecule has 1 aliphatic rings. The van der Waals surface area contributed by atoms with Gasteiger partial charge in [-0.05, 0) is 18.2 Å². The maximum atomic E-state index is 15.2. The molecule has 0 saturated heterocycles. The van der Waals surface area contributed by atoms with E-state index in [0.29, 0.717) is 0 Å². The smallest absolute Gasteiger partial charge is 0.425 e. The molecule has 2 atom stereocenters. The lowest BCUT2D eigenvalue weighted by atomic mass is 9.84. The van der Waals surface area contributed by atoms with E-state index in [1.54, 1.807) is 0 Å². The number of aliphatic imine (C=N–C) groups is 1. The van der Waals surface area contributed by atoms with Crippen molar-refractivity contribution in [3.8, 4) is 6.07 Å². The number of amides is 1. The molecule has 0 fully saturated rings. The second-order valence-corrected chi connectivity index (χ2v) is 6.63. The van der Waals surface area contributed by atoms with Crippen molar-refractivity contribution in [3.63, 3.8) is 0 Å². The van der Waals surface area contributed by atoms with Gasteiger partial charge in [0.05, 0.1) is 11.3 Å². The van der Waals surface area contributed by atoms with E-state index in [4.69, 9.17) is 11.0 Å². The second kappa shape index (κ2) is 8.17. The lowest BCUT2D eigenvalue weighted by molar-refractivity contribution is -0.209. The summed E-state index contributed by atoms with van der Waals surface area (Å²) >= 11 is 0. The molecule has 1 amide bonds. The normalized spacial score (nSPS) is 20.9. The number of hydrogen-bond acceptors (Lipinski definition) is 6. The van der Waals surface area contributed by atoms with E-state index in [0.717, 1.165) is 18.3 Å². The molecule has 162 valence electrons. The van der Waals surface area contributed by atoms with Gasteiger partial charge in [0.2, 0.25) is 0 Å². The summed E-state index contributed by atoms with van der Waals surface area (Å²) in [5.41, 5.74) is 2.13. The Hall–Kier alpha value is -3.75. The summed E-state index contributed by atoms with van der Waals surface area (Å²) in [5, 5.41) is 11.0. The van der Waals surface area contributed by atoms with Crippen LogP contribution in [0.1, 0.15) is 28.0 Å². The summed E-state index contributed by atoms with van der Waals surface area (Å²) in [4.78, 5) is 19.7. The summed E-state index contributed by atoms with van der Waals surface area (Å²) in [7, 11) is 0. The van der Waals surface area contributed by atoms with Crippen LogP contribution in [0.2, 0.25) is 0 Å². The SMILES string of the molecule is N#Cc1ccc(C(=O)Nc2cccc([C@]3(CF)C[C@@H](C(F)(F)F)OC(N)=N3)c2F)nc1. The zero-order valence-electron chi connectivity index (χ0n) is 15.6. The summed E-state index contributed by atoms with van der Waals surface area (Å²) in [6.45, 7) is -1.49. The van der Waals surface area contributed by atoms with E-state index in [9.17, 15) is 22.4 Å². The number of alkyl halides is 4. The summed E-state index contributed by atoms with van der Waals surface area (Å²) < 4.78 is 73.1. The Morgan fingerprint density at radius 2 is 2.10 bits per heavy atom. The highest BCUT2D eigenvalue weighted by Crippen LogP contribution is 2.42. The van der Waals surface area contributed by atoms with Gasteiger partial charge in [-0.2, -0.15) is 18.4 Å². The quantitative estimate of drug-likeness (QED) is 0.711. The number of nitrogens with one attached hydrogen (secondary N) is 1.